The first-order valence-corrected chi connectivity index (χ1v) is 12.6. The van der Waals surface area contributed by atoms with Crippen LogP contribution < -0.4 is 9.47 Å². The predicted octanol–water partition coefficient (Wildman–Crippen LogP) is 7.33. The van der Waals surface area contributed by atoms with Gasteiger partial charge >= 0.3 is 0 Å². The molecular formula is C28H26ClFN2O3S. The minimum atomic E-state index is -0.311. The van der Waals surface area contributed by atoms with Crippen molar-refractivity contribution < 1.29 is 18.7 Å². The van der Waals surface area contributed by atoms with Crippen LogP contribution in [0.4, 0.5) is 10.1 Å². The molecule has 0 spiro atoms. The van der Waals surface area contributed by atoms with Crippen molar-refractivity contribution >= 4 is 46.2 Å². The number of ether oxygens (including phenoxy) is 2. The van der Waals surface area contributed by atoms with Gasteiger partial charge in [0.25, 0.3) is 5.91 Å². The van der Waals surface area contributed by atoms with Crippen molar-refractivity contribution in [3.8, 4) is 11.5 Å². The van der Waals surface area contributed by atoms with Gasteiger partial charge in [-0.3, -0.25) is 9.69 Å². The fourth-order valence-electron chi connectivity index (χ4n) is 3.58. The van der Waals surface area contributed by atoms with E-state index in [2.05, 4.69) is 13.8 Å². The first-order chi connectivity index (χ1) is 17.3. The zero-order chi connectivity index (χ0) is 25.7. The van der Waals surface area contributed by atoms with E-state index in [1.54, 1.807) is 42.3 Å². The van der Waals surface area contributed by atoms with Crippen LogP contribution in [0.15, 0.2) is 76.6 Å². The lowest BCUT2D eigenvalue weighted by Gasteiger charge is -2.17. The second-order valence-corrected chi connectivity index (χ2v) is 10.1. The van der Waals surface area contributed by atoms with E-state index in [9.17, 15) is 9.18 Å². The van der Waals surface area contributed by atoms with Gasteiger partial charge in [-0.15, -0.1) is 0 Å². The van der Waals surface area contributed by atoms with E-state index >= 15 is 0 Å². The van der Waals surface area contributed by atoms with Crippen LogP contribution in [-0.2, 0) is 11.4 Å². The fourth-order valence-corrected chi connectivity index (χ4v) is 4.71. The number of rotatable bonds is 8. The van der Waals surface area contributed by atoms with Crippen LogP contribution >= 0.6 is 23.4 Å². The van der Waals surface area contributed by atoms with Gasteiger partial charge < -0.3 is 9.47 Å². The Morgan fingerprint density at radius 3 is 2.56 bits per heavy atom. The first-order valence-electron chi connectivity index (χ1n) is 11.4. The van der Waals surface area contributed by atoms with Crippen LogP contribution in [0.2, 0.25) is 5.02 Å². The van der Waals surface area contributed by atoms with E-state index in [4.69, 9.17) is 26.1 Å². The maximum Gasteiger partial charge on any atom is 0.266 e. The molecule has 1 heterocycles. The number of methoxy groups -OCH3 is 1. The van der Waals surface area contributed by atoms with Gasteiger partial charge in [-0.1, -0.05) is 43.6 Å². The summed E-state index contributed by atoms with van der Waals surface area (Å²) in [4.78, 5) is 20.2. The molecule has 3 aromatic rings. The first kappa shape index (κ1) is 25.8. The highest BCUT2D eigenvalue weighted by molar-refractivity contribution is 8.18. The Morgan fingerprint density at radius 1 is 1.08 bits per heavy atom. The van der Waals surface area contributed by atoms with Crippen molar-refractivity contribution in [1.82, 2.24) is 4.90 Å². The summed E-state index contributed by atoms with van der Waals surface area (Å²) >= 11 is 7.33. The topological polar surface area (TPSA) is 51.1 Å². The molecule has 36 heavy (non-hydrogen) atoms. The number of aliphatic imine (C=N–C) groups is 1. The number of amidine groups is 1. The molecule has 0 aromatic heterocycles. The summed E-state index contributed by atoms with van der Waals surface area (Å²) in [5.41, 5.74) is 2.23. The average Bonchev–Trinajstić information content (AvgIpc) is 3.13. The van der Waals surface area contributed by atoms with Gasteiger partial charge in [0.15, 0.2) is 16.7 Å². The molecule has 1 saturated heterocycles. The third-order valence-electron chi connectivity index (χ3n) is 5.26. The number of amides is 1. The van der Waals surface area contributed by atoms with Gasteiger partial charge in [-0.2, -0.15) is 0 Å². The Morgan fingerprint density at radius 2 is 1.86 bits per heavy atom. The van der Waals surface area contributed by atoms with E-state index in [0.29, 0.717) is 38.7 Å². The van der Waals surface area contributed by atoms with E-state index in [1.165, 1.54) is 23.9 Å². The average molecular weight is 525 g/mol. The minimum Gasteiger partial charge on any atom is -0.493 e. The molecule has 0 N–H and O–H groups in total. The third-order valence-corrected chi connectivity index (χ3v) is 6.51. The summed E-state index contributed by atoms with van der Waals surface area (Å²) < 4.78 is 24.8. The highest BCUT2D eigenvalue weighted by Crippen LogP contribution is 2.36. The summed E-state index contributed by atoms with van der Waals surface area (Å²) in [5, 5.41) is 1.26. The van der Waals surface area contributed by atoms with Crippen LogP contribution in [0.1, 0.15) is 25.0 Å². The molecule has 0 bridgehead atoms. The highest BCUT2D eigenvalue weighted by Gasteiger charge is 2.33. The zero-order valence-electron chi connectivity index (χ0n) is 20.2. The van der Waals surface area contributed by atoms with Crippen molar-refractivity contribution in [3.05, 3.63) is 93.6 Å². The van der Waals surface area contributed by atoms with E-state index < -0.39 is 0 Å². The molecule has 1 fully saturated rings. The van der Waals surface area contributed by atoms with Crippen LogP contribution in [0.25, 0.3) is 6.08 Å². The Balaban J connectivity index is 1.57. The SMILES string of the molecule is COc1cc(/C=C2\SC(=Nc3ccc(Cl)cc3)N(CC(C)C)C2=O)ccc1OCc1cccc(F)c1. The number of nitrogens with zero attached hydrogens (tertiary/aromatic N) is 2. The van der Waals surface area contributed by atoms with E-state index in [0.717, 1.165) is 11.3 Å². The Bertz CT molecular complexity index is 1310. The molecular weight excluding hydrogens is 499 g/mol. The van der Waals surface area contributed by atoms with Crippen molar-refractivity contribution in [2.75, 3.05) is 13.7 Å². The van der Waals surface area contributed by atoms with Gasteiger partial charge in [-0.25, -0.2) is 9.38 Å². The van der Waals surface area contributed by atoms with E-state index in [-0.39, 0.29) is 24.2 Å². The number of carbonyl (C=O) groups is 1. The summed E-state index contributed by atoms with van der Waals surface area (Å²) in [6, 6.07) is 18.9. The summed E-state index contributed by atoms with van der Waals surface area (Å²) in [5.74, 6) is 0.922. The van der Waals surface area contributed by atoms with Gasteiger partial charge in [0, 0.05) is 11.6 Å². The molecule has 0 aliphatic carbocycles. The Labute approximate surface area is 219 Å². The van der Waals surface area contributed by atoms with Crippen molar-refractivity contribution in [3.63, 3.8) is 0 Å². The summed E-state index contributed by atoms with van der Waals surface area (Å²) in [6.45, 7) is 4.89. The minimum absolute atomic E-state index is 0.0909. The fraction of sp³-hybridized carbons (Fsp3) is 0.214. The summed E-state index contributed by atoms with van der Waals surface area (Å²) in [6.07, 6.45) is 1.82. The smallest absolute Gasteiger partial charge is 0.266 e. The normalized spacial score (nSPS) is 15.8. The number of hydrogen-bond donors (Lipinski definition) is 0. The standard InChI is InChI=1S/C28H26ClFN2O3S/c1-18(2)16-32-27(33)26(36-28(32)31-23-10-8-21(29)9-11-23)15-19-7-12-24(25(14-19)34-3)35-17-20-5-4-6-22(30)13-20/h4-15,18H,16-17H2,1-3H3/b26-15-,31-28?. The van der Waals surface area contributed by atoms with Crippen LogP contribution in [-0.4, -0.2) is 29.6 Å². The van der Waals surface area contributed by atoms with Crippen molar-refractivity contribution in [2.45, 2.75) is 20.5 Å². The maximum absolute atomic E-state index is 13.4. The maximum atomic E-state index is 13.4. The van der Waals surface area contributed by atoms with E-state index in [1.807, 2.05) is 30.3 Å². The molecule has 5 nitrogen and oxygen atoms in total. The molecule has 186 valence electrons. The second kappa shape index (κ2) is 11.6. The van der Waals surface area contributed by atoms with Gasteiger partial charge in [0.2, 0.25) is 0 Å². The van der Waals surface area contributed by atoms with Gasteiger partial charge in [-0.05, 0) is 83.4 Å². The number of hydrogen-bond acceptors (Lipinski definition) is 5. The predicted molar refractivity (Wildman–Crippen MR) is 144 cm³/mol. The van der Waals surface area contributed by atoms with Crippen LogP contribution in [0.3, 0.4) is 0 Å². The molecule has 8 heteroatoms. The molecule has 1 aliphatic heterocycles. The molecule has 0 unspecified atom stereocenters. The molecule has 1 amide bonds. The van der Waals surface area contributed by atoms with Crippen molar-refractivity contribution in [1.29, 1.82) is 0 Å². The lowest BCUT2D eigenvalue weighted by molar-refractivity contribution is -0.122. The second-order valence-electron chi connectivity index (χ2n) is 8.62. The molecule has 4 rings (SSSR count). The molecule has 0 radical (unpaired) electrons. The number of thioether (sulfide) groups is 1. The highest BCUT2D eigenvalue weighted by atomic mass is 35.5. The lowest BCUT2D eigenvalue weighted by Crippen LogP contribution is -2.32. The Kier molecular flexibility index (Phi) is 8.33. The summed E-state index contributed by atoms with van der Waals surface area (Å²) in [7, 11) is 1.55. The third kappa shape index (κ3) is 6.47. The molecule has 3 aromatic carbocycles. The number of carbonyl (C=O) groups excluding carboxylic acids is 1. The monoisotopic (exact) mass is 524 g/mol. The molecule has 0 saturated carbocycles. The van der Waals surface area contributed by atoms with Gasteiger partial charge in [0.1, 0.15) is 12.4 Å². The largest absolute Gasteiger partial charge is 0.493 e. The van der Waals surface area contributed by atoms with Crippen LogP contribution in [0, 0.1) is 11.7 Å². The van der Waals surface area contributed by atoms with Crippen molar-refractivity contribution in [2.24, 2.45) is 10.9 Å². The number of benzene rings is 3. The molecule has 0 atom stereocenters. The van der Waals surface area contributed by atoms with Crippen LogP contribution in [0.5, 0.6) is 11.5 Å². The zero-order valence-corrected chi connectivity index (χ0v) is 21.8. The van der Waals surface area contributed by atoms with Gasteiger partial charge in [0.05, 0.1) is 17.7 Å². The Hall–Kier alpha value is -3.29. The number of halogens is 2. The molecule has 1 aliphatic rings. The lowest BCUT2D eigenvalue weighted by atomic mass is 10.1. The quantitative estimate of drug-likeness (QED) is 0.289.